The van der Waals surface area contributed by atoms with E-state index < -0.39 is 23.9 Å². The lowest BCUT2D eigenvalue weighted by molar-refractivity contribution is -0.139. The summed E-state index contributed by atoms with van der Waals surface area (Å²) in [4.78, 5) is 23.5. The van der Waals surface area contributed by atoms with E-state index in [-0.39, 0.29) is 5.69 Å². The number of urea groups is 1. The third-order valence-corrected chi connectivity index (χ3v) is 3.96. The van der Waals surface area contributed by atoms with Crippen LogP contribution in [0, 0.1) is 5.82 Å². The van der Waals surface area contributed by atoms with Crippen LogP contribution < -0.4 is 10.6 Å². The van der Waals surface area contributed by atoms with E-state index in [0.29, 0.717) is 9.35 Å². The fourth-order valence-corrected chi connectivity index (χ4v) is 2.69. The molecule has 3 N–H and O–H groups in total. The van der Waals surface area contributed by atoms with Crippen molar-refractivity contribution in [2.75, 3.05) is 5.32 Å². The van der Waals surface area contributed by atoms with Gasteiger partial charge in [0.1, 0.15) is 5.82 Å². The molecular formula is C13H10BrFN2O3S. The van der Waals surface area contributed by atoms with Gasteiger partial charge in [-0.3, -0.25) is 0 Å². The second kappa shape index (κ2) is 6.68. The Balaban J connectivity index is 2.08. The SMILES string of the molecule is O=C(Nc1ccc(Br)cc1F)NC(C(=O)O)c1cccs1. The molecule has 1 aromatic carbocycles. The molecule has 0 aliphatic carbocycles. The topological polar surface area (TPSA) is 78.4 Å². The predicted molar refractivity (Wildman–Crippen MR) is 81.0 cm³/mol. The Labute approximate surface area is 131 Å². The monoisotopic (exact) mass is 372 g/mol. The highest BCUT2D eigenvalue weighted by molar-refractivity contribution is 9.10. The fraction of sp³-hybridized carbons (Fsp3) is 0.0769. The van der Waals surface area contributed by atoms with Crippen LogP contribution >= 0.6 is 27.3 Å². The van der Waals surface area contributed by atoms with E-state index in [1.54, 1.807) is 23.6 Å². The molecule has 0 saturated heterocycles. The number of carboxylic acid groups (broad SMARTS) is 1. The lowest BCUT2D eigenvalue weighted by Gasteiger charge is -2.14. The second-order valence-electron chi connectivity index (χ2n) is 4.01. The van der Waals surface area contributed by atoms with Gasteiger partial charge < -0.3 is 15.7 Å². The van der Waals surface area contributed by atoms with Crippen LogP contribution in [0.2, 0.25) is 0 Å². The van der Waals surface area contributed by atoms with E-state index in [0.717, 1.165) is 0 Å². The Morgan fingerprint density at radius 3 is 2.67 bits per heavy atom. The van der Waals surface area contributed by atoms with Gasteiger partial charge in [-0.05, 0) is 29.6 Å². The fourth-order valence-electron chi connectivity index (χ4n) is 1.59. The van der Waals surface area contributed by atoms with E-state index in [1.807, 2.05) is 0 Å². The quantitative estimate of drug-likeness (QED) is 0.766. The molecule has 0 aliphatic heterocycles. The summed E-state index contributed by atoms with van der Waals surface area (Å²) in [7, 11) is 0. The molecule has 110 valence electrons. The van der Waals surface area contributed by atoms with Crippen LogP contribution in [0.1, 0.15) is 10.9 Å². The normalized spacial score (nSPS) is 11.7. The number of nitrogens with one attached hydrogen (secondary N) is 2. The minimum atomic E-state index is -1.19. The minimum Gasteiger partial charge on any atom is -0.479 e. The largest absolute Gasteiger partial charge is 0.479 e. The number of aliphatic carboxylic acids is 1. The Morgan fingerprint density at radius 2 is 2.10 bits per heavy atom. The summed E-state index contributed by atoms with van der Waals surface area (Å²) in [6.07, 6.45) is 0. The van der Waals surface area contributed by atoms with Crippen LogP contribution in [-0.2, 0) is 4.79 Å². The molecule has 0 bridgehead atoms. The highest BCUT2D eigenvalue weighted by Crippen LogP contribution is 2.21. The van der Waals surface area contributed by atoms with Crippen LogP contribution in [0.4, 0.5) is 14.9 Å². The van der Waals surface area contributed by atoms with E-state index in [1.165, 1.54) is 23.5 Å². The third kappa shape index (κ3) is 4.02. The zero-order chi connectivity index (χ0) is 15.4. The highest BCUT2D eigenvalue weighted by Gasteiger charge is 2.23. The molecule has 1 atom stereocenters. The van der Waals surface area contributed by atoms with Crippen molar-refractivity contribution in [3.8, 4) is 0 Å². The molecule has 0 spiro atoms. The molecule has 1 unspecified atom stereocenters. The Bertz CT molecular complexity index is 663. The molecule has 1 aromatic heterocycles. The maximum absolute atomic E-state index is 13.6. The van der Waals surface area contributed by atoms with Gasteiger partial charge in [0, 0.05) is 9.35 Å². The molecule has 21 heavy (non-hydrogen) atoms. The van der Waals surface area contributed by atoms with Gasteiger partial charge in [-0.15, -0.1) is 11.3 Å². The number of anilines is 1. The third-order valence-electron chi connectivity index (χ3n) is 2.53. The number of carbonyl (C=O) groups excluding carboxylic acids is 1. The standard InChI is InChI=1S/C13H10BrFN2O3S/c14-7-3-4-9(8(15)6-7)16-13(20)17-11(12(18)19)10-2-1-5-21-10/h1-6,11H,(H,18,19)(H2,16,17,20). The number of halogens is 2. The molecule has 0 fully saturated rings. The predicted octanol–water partition coefficient (Wildman–Crippen LogP) is 3.60. The van der Waals surface area contributed by atoms with Crippen molar-refractivity contribution in [1.29, 1.82) is 0 Å². The molecule has 2 aromatic rings. The molecule has 0 saturated carbocycles. The zero-order valence-electron chi connectivity index (χ0n) is 10.5. The van der Waals surface area contributed by atoms with Crippen molar-refractivity contribution in [2.24, 2.45) is 0 Å². The van der Waals surface area contributed by atoms with Crippen molar-refractivity contribution in [1.82, 2.24) is 5.32 Å². The average Bonchev–Trinajstić information content (AvgIpc) is 2.92. The van der Waals surface area contributed by atoms with E-state index in [4.69, 9.17) is 5.11 Å². The van der Waals surface area contributed by atoms with Crippen molar-refractivity contribution in [3.63, 3.8) is 0 Å². The van der Waals surface area contributed by atoms with E-state index in [2.05, 4.69) is 26.6 Å². The van der Waals surface area contributed by atoms with Crippen LogP contribution in [-0.4, -0.2) is 17.1 Å². The van der Waals surface area contributed by atoms with Gasteiger partial charge in [-0.25, -0.2) is 14.0 Å². The number of rotatable bonds is 4. The van der Waals surface area contributed by atoms with Crippen LogP contribution in [0.3, 0.4) is 0 Å². The number of carbonyl (C=O) groups is 2. The van der Waals surface area contributed by atoms with Gasteiger partial charge in [0.2, 0.25) is 0 Å². The van der Waals surface area contributed by atoms with Crippen molar-refractivity contribution in [3.05, 3.63) is 50.9 Å². The first-order valence-electron chi connectivity index (χ1n) is 5.76. The van der Waals surface area contributed by atoms with Gasteiger partial charge in [-0.2, -0.15) is 0 Å². The summed E-state index contributed by atoms with van der Waals surface area (Å²) in [5.74, 6) is -1.81. The number of benzene rings is 1. The summed E-state index contributed by atoms with van der Waals surface area (Å²) in [6.45, 7) is 0. The summed E-state index contributed by atoms with van der Waals surface area (Å²) >= 11 is 4.31. The Kier molecular flexibility index (Phi) is 4.92. The maximum atomic E-state index is 13.6. The molecular weight excluding hydrogens is 363 g/mol. The number of hydrogen-bond acceptors (Lipinski definition) is 3. The van der Waals surface area contributed by atoms with Gasteiger partial charge in [0.25, 0.3) is 0 Å². The number of carboxylic acids is 1. The highest BCUT2D eigenvalue weighted by atomic mass is 79.9. The van der Waals surface area contributed by atoms with Gasteiger partial charge in [0.15, 0.2) is 6.04 Å². The van der Waals surface area contributed by atoms with Gasteiger partial charge in [-0.1, -0.05) is 22.0 Å². The first-order chi connectivity index (χ1) is 9.97. The zero-order valence-corrected chi connectivity index (χ0v) is 12.9. The molecule has 0 aliphatic rings. The van der Waals surface area contributed by atoms with Crippen LogP contribution in [0.25, 0.3) is 0 Å². The molecule has 5 nitrogen and oxygen atoms in total. The van der Waals surface area contributed by atoms with E-state index in [9.17, 15) is 14.0 Å². The maximum Gasteiger partial charge on any atom is 0.331 e. The van der Waals surface area contributed by atoms with E-state index >= 15 is 0 Å². The number of hydrogen-bond donors (Lipinski definition) is 3. The number of amides is 2. The summed E-state index contributed by atoms with van der Waals surface area (Å²) in [5.41, 5.74) is -0.0361. The lowest BCUT2D eigenvalue weighted by Crippen LogP contribution is -2.36. The van der Waals surface area contributed by atoms with Crippen molar-refractivity contribution >= 4 is 45.0 Å². The minimum absolute atomic E-state index is 0.0361. The smallest absolute Gasteiger partial charge is 0.331 e. The van der Waals surface area contributed by atoms with Crippen molar-refractivity contribution < 1.29 is 19.1 Å². The average molecular weight is 373 g/mol. The molecule has 8 heteroatoms. The second-order valence-corrected chi connectivity index (χ2v) is 5.90. The van der Waals surface area contributed by atoms with Gasteiger partial charge in [0.05, 0.1) is 5.69 Å². The van der Waals surface area contributed by atoms with Crippen molar-refractivity contribution in [2.45, 2.75) is 6.04 Å². The Hall–Kier alpha value is -1.93. The summed E-state index contributed by atoms with van der Waals surface area (Å²) < 4.78 is 14.1. The summed E-state index contributed by atoms with van der Waals surface area (Å²) in [5, 5.41) is 15.4. The summed E-state index contributed by atoms with van der Waals surface area (Å²) in [6, 6.07) is 5.45. The molecule has 2 rings (SSSR count). The van der Waals surface area contributed by atoms with Crippen LogP contribution in [0.15, 0.2) is 40.2 Å². The van der Waals surface area contributed by atoms with Crippen LogP contribution in [0.5, 0.6) is 0 Å². The first-order valence-corrected chi connectivity index (χ1v) is 7.43. The lowest BCUT2D eigenvalue weighted by atomic mass is 10.2. The number of thiophene rings is 1. The Morgan fingerprint density at radius 1 is 1.33 bits per heavy atom. The first kappa shape index (κ1) is 15.5. The molecule has 1 heterocycles. The van der Waals surface area contributed by atoms with Gasteiger partial charge >= 0.3 is 12.0 Å². The molecule has 2 amide bonds. The molecule has 0 radical (unpaired) electrons.